The van der Waals surface area contributed by atoms with Gasteiger partial charge in [-0.2, -0.15) is 0 Å². The summed E-state index contributed by atoms with van der Waals surface area (Å²) in [4.78, 5) is 14.8. The number of esters is 1. The van der Waals surface area contributed by atoms with Gasteiger partial charge < -0.3 is 4.74 Å². The summed E-state index contributed by atoms with van der Waals surface area (Å²) in [6.07, 6.45) is 4.10. The van der Waals surface area contributed by atoms with E-state index >= 15 is 0 Å². The Bertz CT molecular complexity index is 255. The molecule has 1 rings (SSSR count). The van der Waals surface area contributed by atoms with Crippen molar-refractivity contribution in [2.45, 2.75) is 13.3 Å². The van der Waals surface area contributed by atoms with Gasteiger partial charge in [0.25, 0.3) is 0 Å². The molecule has 0 amide bonds. The van der Waals surface area contributed by atoms with E-state index in [-0.39, 0.29) is 11.9 Å². The highest BCUT2D eigenvalue weighted by Crippen LogP contribution is 2.01. The number of hydrogen-bond acceptors (Lipinski definition) is 3. The molecule has 0 saturated carbocycles. The molecule has 0 aliphatic carbocycles. The van der Waals surface area contributed by atoms with E-state index in [4.69, 9.17) is 17.0 Å². The number of nitrogens with zero attached hydrogens (tertiary/aromatic N) is 1. The highest BCUT2D eigenvalue weighted by atomic mass is 32.1. The van der Waals surface area contributed by atoms with Gasteiger partial charge in [0, 0.05) is 13.3 Å². The summed E-state index contributed by atoms with van der Waals surface area (Å²) in [5.74, 6) is -0.0909. The van der Waals surface area contributed by atoms with Gasteiger partial charge in [0.15, 0.2) is 0 Å². The van der Waals surface area contributed by atoms with E-state index in [0.717, 1.165) is 0 Å². The Hall–Kier alpha value is -1.03. The third-order valence-electron chi connectivity index (χ3n) is 1.04. The maximum Gasteiger partial charge on any atom is 0.309 e. The number of hydrogen-bond donors (Lipinski definition) is 0. The summed E-state index contributed by atoms with van der Waals surface area (Å²) in [6.45, 7) is 1.33. The van der Waals surface area contributed by atoms with Crippen LogP contribution in [-0.4, -0.2) is 16.9 Å². The van der Waals surface area contributed by atoms with Gasteiger partial charge in [-0.1, -0.05) is 18.3 Å². The summed E-state index contributed by atoms with van der Waals surface area (Å²) in [5.41, 5.74) is 0. The Labute approximate surface area is 69.8 Å². The third-order valence-corrected chi connectivity index (χ3v) is 1.29. The smallest absolute Gasteiger partial charge is 0.309 e. The van der Waals surface area contributed by atoms with E-state index in [1.165, 1.54) is 6.92 Å². The molecule has 58 valence electrons. The Morgan fingerprint density at radius 3 is 3.09 bits per heavy atom. The van der Waals surface area contributed by atoms with Gasteiger partial charge in [0.2, 0.25) is 5.90 Å². The molecule has 1 aliphatic heterocycles. The Kier molecular flexibility index (Phi) is 2.48. The lowest BCUT2D eigenvalue weighted by Gasteiger charge is -2.04. The van der Waals surface area contributed by atoms with Crippen LogP contribution in [0.15, 0.2) is 17.1 Å². The lowest BCUT2D eigenvalue weighted by atomic mass is 10.3. The minimum Gasteiger partial charge on any atom is -0.408 e. The van der Waals surface area contributed by atoms with Crippen LogP contribution in [0.1, 0.15) is 13.3 Å². The largest absolute Gasteiger partial charge is 0.408 e. The van der Waals surface area contributed by atoms with Gasteiger partial charge in [-0.15, -0.1) is 0 Å². The summed E-state index contributed by atoms with van der Waals surface area (Å²) < 4.78 is 4.70. The molecular weight excluding hydrogens is 162 g/mol. The van der Waals surface area contributed by atoms with E-state index in [2.05, 4.69) is 4.99 Å². The van der Waals surface area contributed by atoms with Crippen molar-refractivity contribution in [1.82, 2.24) is 0 Å². The summed E-state index contributed by atoms with van der Waals surface area (Å²) in [6, 6.07) is 0. The van der Waals surface area contributed by atoms with Crippen LogP contribution in [0, 0.1) is 0 Å². The minimum absolute atomic E-state index is 0.286. The number of thiocarbonyl (C=S) groups is 1. The number of rotatable bonds is 0. The van der Waals surface area contributed by atoms with Crippen LogP contribution in [-0.2, 0) is 9.53 Å². The zero-order valence-corrected chi connectivity index (χ0v) is 6.85. The van der Waals surface area contributed by atoms with Crippen LogP contribution in [0.3, 0.4) is 0 Å². The van der Waals surface area contributed by atoms with Crippen LogP contribution in [0.4, 0.5) is 0 Å². The molecule has 0 N–H and O–H groups in total. The second-order valence-corrected chi connectivity index (χ2v) is 2.52. The quantitative estimate of drug-likeness (QED) is 0.404. The van der Waals surface area contributed by atoms with Crippen LogP contribution in [0.25, 0.3) is 0 Å². The highest BCUT2D eigenvalue weighted by molar-refractivity contribution is 7.80. The van der Waals surface area contributed by atoms with Crippen molar-refractivity contribution in [3.05, 3.63) is 12.2 Å². The van der Waals surface area contributed by atoms with Crippen molar-refractivity contribution in [3.63, 3.8) is 0 Å². The first-order valence-electron chi connectivity index (χ1n) is 3.15. The summed E-state index contributed by atoms with van der Waals surface area (Å²) in [5, 5.41) is 0. The average Bonchev–Trinajstić information content (AvgIpc) is 1.85. The lowest BCUT2D eigenvalue weighted by Crippen LogP contribution is -2.11. The second kappa shape index (κ2) is 3.39. The van der Waals surface area contributed by atoms with Gasteiger partial charge in [-0.25, -0.2) is 4.99 Å². The molecule has 0 atom stereocenters. The molecule has 4 heteroatoms. The molecule has 0 unspecified atom stereocenters. The number of carbonyl (C=O) groups is 1. The molecule has 0 bridgehead atoms. The SMILES string of the molecule is CC(=O)OC1=NC(=S)CC=C1. The van der Waals surface area contributed by atoms with Gasteiger partial charge >= 0.3 is 5.97 Å². The fourth-order valence-electron chi connectivity index (χ4n) is 0.670. The first-order valence-corrected chi connectivity index (χ1v) is 3.56. The Morgan fingerprint density at radius 1 is 1.82 bits per heavy atom. The van der Waals surface area contributed by atoms with E-state index in [9.17, 15) is 4.79 Å². The molecule has 0 aromatic rings. The molecule has 0 aromatic heterocycles. The first kappa shape index (κ1) is 8.07. The number of aliphatic imine (C=N–C) groups is 1. The number of ether oxygens (including phenoxy) is 1. The Balaban J connectivity index is 2.64. The minimum atomic E-state index is -0.377. The normalized spacial score (nSPS) is 16.1. The maximum atomic E-state index is 10.4. The predicted molar refractivity (Wildman–Crippen MR) is 45.6 cm³/mol. The molecule has 3 nitrogen and oxygen atoms in total. The second-order valence-electron chi connectivity index (χ2n) is 2.04. The van der Waals surface area contributed by atoms with Gasteiger partial charge in [0.05, 0.1) is 0 Å². The van der Waals surface area contributed by atoms with Crippen molar-refractivity contribution < 1.29 is 9.53 Å². The Morgan fingerprint density at radius 2 is 2.55 bits per heavy atom. The lowest BCUT2D eigenvalue weighted by molar-refractivity contribution is -0.132. The van der Waals surface area contributed by atoms with Crippen LogP contribution in [0.5, 0.6) is 0 Å². The topological polar surface area (TPSA) is 38.7 Å². The molecule has 0 saturated heterocycles. The van der Waals surface area contributed by atoms with Gasteiger partial charge in [-0.05, 0) is 6.08 Å². The van der Waals surface area contributed by atoms with Gasteiger partial charge in [0.1, 0.15) is 4.99 Å². The van der Waals surface area contributed by atoms with Crippen molar-refractivity contribution in [3.8, 4) is 0 Å². The number of dihydropyridines is 1. The summed E-state index contributed by atoms with van der Waals surface area (Å²) >= 11 is 4.81. The third kappa shape index (κ3) is 2.59. The summed E-state index contributed by atoms with van der Waals surface area (Å²) in [7, 11) is 0. The molecule has 0 fully saturated rings. The average molecular weight is 169 g/mol. The van der Waals surface area contributed by atoms with E-state index in [1.54, 1.807) is 6.08 Å². The van der Waals surface area contributed by atoms with E-state index in [1.807, 2.05) is 6.08 Å². The monoisotopic (exact) mass is 169 g/mol. The fraction of sp³-hybridized carbons (Fsp3) is 0.286. The fourth-order valence-corrected chi connectivity index (χ4v) is 0.857. The number of carbonyl (C=O) groups excluding carboxylic acids is 1. The zero-order valence-electron chi connectivity index (χ0n) is 6.03. The van der Waals surface area contributed by atoms with Crippen molar-refractivity contribution >= 4 is 29.1 Å². The van der Waals surface area contributed by atoms with Crippen LogP contribution in [0.2, 0.25) is 0 Å². The molecule has 11 heavy (non-hydrogen) atoms. The van der Waals surface area contributed by atoms with Crippen molar-refractivity contribution in [1.29, 1.82) is 0 Å². The zero-order chi connectivity index (χ0) is 8.27. The molecule has 0 aromatic carbocycles. The first-order chi connectivity index (χ1) is 5.18. The van der Waals surface area contributed by atoms with Crippen LogP contribution >= 0.6 is 12.2 Å². The van der Waals surface area contributed by atoms with Gasteiger partial charge in [-0.3, -0.25) is 4.79 Å². The molecule has 0 radical (unpaired) electrons. The van der Waals surface area contributed by atoms with Crippen molar-refractivity contribution in [2.24, 2.45) is 4.99 Å². The predicted octanol–water partition coefficient (Wildman–Crippen LogP) is 1.24. The molecule has 0 spiro atoms. The highest BCUT2D eigenvalue weighted by Gasteiger charge is 2.05. The molecular formula is C7H7NO2S. The van der Waals surface area contributed by atoms with Crippen molar-refractivity contribution in [2.75, 3.05) is 0 Å². The maximum absolute atomic E-state index is 10.4. The van der Waals surface area contributed by atoms with E-state index < -0.39 is 0 Å². The van der Waals surface area contributed by atoms with Crippen LogP contribution < -0.4 is 0 Å². The standard InChI is InChI=1S/C7H7NO2S/c1-5(9)10-6-3-2-4-7(11)8-6/h2-3H,4H2,1H3. The molecule has 1 aliphatic rings. The molecule has 1 heterocycles. The van der Waals surface area contributed by atoms with E-state index in [0.29, 0.717) is 11.4 Å².